The van der Waals surface area contributed by atoms with Gasteiger partial charge in [0.15, 0.2) is 0 Å². The predicted molar refractivity (Wildman–Crippen MR) is 75.4 cm³/mol. The lowest BCUT2D eigenvalue weighted by Crippen LogP contribution is -2.35. The molecular formula is C16H23F2NO. The number of aliphatic hydroxyl groups excluding tert-OH is 1. The average molecular weight is 283 g/mol. The van der Waals surface area contributed by atoms with Crippen molar-refractivity contribution in [2.45, 2.75) is 45.1 Å². The first kappa shape index (κ1) is 15.4. The van der Waals surface area contributed by atoms with E-state index in [2.05, 4.69) is 12.2 Å². The topological polar surface area (TPSA) is 32.3 Å². The van der Waals surface area contributed by atoms with Gasteiger partial charge in [0.1, 0.15) is 11.6 Å². The quantitative estimate of drug-likeness (QED) is 0.866. The van der Waals surface area contributed by atoms with Crippen LogP contribution < -0.4 is 5.32 Å². The second-order valence-electron chi connectivity index (χ2n) is 6.18. The van der Waals surface area contributed by atoms with Gasteiger partial charge in [0.2, 0.25) is 0 Å². The number of nitrogens with one attached hydrogen (secondary N) is 1. The van der Waals surface area contributed by atoms with Crippen molar-refractivity contribution >= 4 is 0 Å². The maximum Gasteiger partial charge on any atom is 0.131 e. The lowest BCUT2D eigenvalue weighted by Gasteiger charge is -2.34. The highest BCUT2D eigenvalue weighted by molar-refractivity contribution is 5.21. The lowest BCUT2D eigenvalue weighted by atomic mass is 9.76. The highest BCUT2D eigenvalue weighted by Gasteiger charge is 2.26. The number of hydrogen-bond acceptors (Lipinski definition) is 2. The molecule has 1 saturated carbocycles. The summed E-state index contributed by atoms with van der Waals surface area (Å²) >= 11 is 0. The van der Waals surface area contributed by atoms with Crippen molar-refractivity contribution in [3.8, 4) is 0 Å². The Morgan fingerprint density at radius 1 is 1.25 bits per heavy atom. The molecule has 112 valence electrons. The Bertz CT molecular complexity index is 444. The smallest absolute Gasteiger partial charge is 0.131 e. The molecule has 2 rings (SSSR count). The molecule has 0 heterocycles. The zero-order valence-electron chi connectivity index (χ0n) is 12.0. The molecule has 1 fully saturated rings. The molecule has 1 atom stereocenters. The van der Waals surface area contributed by atoms with Crippen molar-refractivity contribution in [1.29, 1.82) is 0 Å². The summed E-state index contributed by atoms with van der Waals surface area (Å²) < 4.78 is 26.3. The number of hydrogen-bond donors (Lipinski definition) is 2. The predicted octanol–water partition coefficient (Wildman–Crippen LogP) is 3.56. The Balaban J connectivity index is 1.84. The molecule has 1 unspecified atom stereocenters. The van der Waals surface area contributed by atoms with E-state index in [-0.39, 0.29) is 17.5 Å². The van der Waals surface area contributed by atoms with Crippen LogP contribution in [-0.4, -0.2) is 18.2 Å². The fourth-order valence-electron chi connectivity index (χ4n) is 2.97. The second-order valence-corrected chi connectivity index (χ2v) is 6.18. The molecule has 0 radical (unpaired) electrons. The number of rotatable bonds is 5. The largest absolute Gasteiger partial charge is 0.387 e. The summed E-state index contributed by atoms with van der Waals surface area (Å²) in [5.74, 6) is -1.32. The molecule has 1 aliphatic carbocycles. The molecule has 0 aromatic heterocycles. The van der Waals surface area contributed by atoms with E-state index < -0.39 is 17.7 Å². The molecule has 0 bridgehead atoms. The standard InChI is InChI=1S/C16H23F2NO/c1-16(7-3-2-4-8-16)11-19-10-15(20)13-6-5-12(17)9-14(13)18/h5-6,9,15,19-20H,2-4,7-8,10-11H2,1H3. The van der Waals surface area contributed by atoms with E-state index in [4.69, 9.17) is 0 Å². The van der Waals surface area contributed by atoms with Crippen molar-refractivity contribution in [2.75, 3.05) is 13.1 Å². The SMILES string of the molecule is CC1(CNCC(O)c2ccc(F)cc2F)CCCCC1. The van der Waals surface area contributed by atoms with Crippen molar-refractivity contribution in [2.24, 2.45) is 5.41 Å². The minimum absolute atomic E-state index is 0.146. The van der Waals surface area contributed by atoms with Crippen molar-refractivity contribution in [1.82, 2.24) is 5.32 Å². The van der Waals surface area contributed by atoms with Crippen LogP contribution >= 0.6 is 0 Å². The van der Waals surface area contributed by atoms with Crippen LogP contribution in [0.2, 0.25) is 0 Å². The third-order valence-electron chi connectivity index (χ3n) is 4.27. The van der Waals surface area contributed by atoms with Gasteiger partial charge in [0.05, 0.1) is 6.10 Å². The molecule has 1 aromatic rings. The molecule has 2 nitrogen and oxygen atoms in total. The van der Waals surface area contributed by atoms with Crippen LogP contribution in [0, 0.1) is 17.0 Å². The molecule has 0 amide bonds. The highest BCUT2D eigenvalue weighted by atomic mass is 19.1. The van der Waals surface area contributed by atoms with Gasteiger partial charge in [-0.3, -0.25) is 0 Å². The Hall–Kier alpha value is -1.00. The summed E-state index contributed by atoms with van der Waals surface area (Å²) in [7, 11) is 0. The van der Waals surface area contributed by atoms with E-state index in [1.165, 1.54) is 44.2 Å². The Morgan fingerprint density at radius 3 is 2.60 bits per heavy atom. The summed E-state index contributed by atoms with van der Waals surface area (Å²) in [6.45, 7) is 3.37. The zero-order valence-corrected chi connectivity index (χ0v) is 12.0. The summed E-state index contributed by atoms with van der Waals surface area (Å²) in [5.41, 5.74) is 0.423. The number of aliphatic hydroxyl groups is 1. The molecule has 1 aliphatic rings. The van der Waals surface area contributed by atoms with Crippen LogP contribution in [0.25, 0.3) is 0 Å². The first-order valence-electron chi connectivity index (χ1n) is 7.34. The summed E-state index contributed by atoms with van der Waals surface area (Å²) in [4.78, 5) is 0. The summed E-state index contributed by atoms with van der Waals surface area (Å²) in [6, 6.07) is 3.28. The maximum atomic E-state index is 13.5. The van der Waals surface area contributed by atoms with Gasteiger partial charge in [-0.1, -0.05) is 32.3 Å². The van der Waals surface area contributed by atoms with E-state index in [0.29, 0.717) is 0 Å². The van der Waals surface area contributed by atoms with Crippen LogP contribution in [-0.2, 0) is 0 Å². The van der Waals surface area contributed by atoms with Crippen LogP contribution in [0.5, 0.6) is 0 Å². The average Bonchev–Trinajstić information content (AvgIpc) is 2.39. The van der Waals surface area contributed by atoms with Crippen molar-refractivity contribution in [3.05, 3.63) is 35.4 Å². The van der Waals surface area contributed by atoms with E-state index in [9.17, 15) is 13.9 Å². The molecule has 0 spiro atoms. The molecule has 20 heavy (non-hydrogen) atoms. The number of benzene rings is 1. The van der Waals surface area contributed by atoms with Gasteiger partial charge in [-0.25, -0.2) is 8.78 Å². The van der Waals surface area contributed by atoms with Gasteiger partial charge < -0.3 is 10.4 Å². The van der Waals surface area contributed by atoms with E-state index >= 15 is 0 Å². The van der Waals surface area contributed by atoms with E-state index in [1.54, 1.807) is 0 Å². The maximum absolute atomic E-state index is 13.5. The fourth-order valence-corrected chi connectivity index (χ4v) is 2.97. The summed E-state index contributed by atoms with van der Waals surface area (Å²) in [5, 5.41) is 13.2. The van der Waals surface area contributed by atoms with Gasteiger partial charge in [-0.15, -0.1) is 0 Å². The van der Waals surface area contributed by atoms with Gasteiger partial charge in [-0.2, -0.15) is 0 Å². The van der Waals surface area contributed by atoms with E-state index in [1.807, 2.05) is 0 Å². The first-order chi connectivity index (χ1) is 9.50. The minimum Gasteiger partial charge on any atom is -0.387 e. The monoisotopic (exact) mass is 283 g/mol. The van der Waals surface area contributed by atoms with Crippen LogP contribution in [0.15, 0.2) is 18.2 Å². The Morgan fingerprint density at radius 2 is 1.95 bits per heavy atom. The van der Waals surface area contributed by atoms with Crippen LogP contribution in [0.4, 0.5) is 8.78 Å². The highest BCUT2D eigenvalue weighted by Crippen LogP contribution is 2.35. The fraction of sp³-hybridized carbons (Fsp3) is 0.625. The second kappa shape index (κ2) is 6.64. The molecule has 2 N–H and O–H groups in total. The van der Waals surface area contributed by atoms with E-state index in [0.717, 1.165) is 12.6 Å². The first-order valence-corrected chi connectivity index (χ1v) is 7.34. The van der Waals surface area contributed by atoms with Gasteiger partial charge >= 0.3 is 0 Å². The molecule has 1 aromatic carbocycles. The van der Waals surface area contributed by atoms with Gasteiger partial charge in [-0.05, 0) is 24.3 Å². The Labute approximate surface area is 119 Å². The van der Waals surface area contributed by atoms with Gasteiger partial charge in [0, 0.05) is 24.7 Å². The van der Waals surface area contributed by atoms with Crippen LogP contribution in [0.3, 0.4) is 0 Å². The minimum atomic E-state index is -0.942. The molecule has 0 saturated heterocycles. The molecule has 4 heteroatoms. The normalized spacial score (nSPS) is 19.8. The van der Waals surface area contributed by atoms with Crippen LogP contribution in [0.1, 0.15) is 50.7 Å². The number of halogens is 2. The Kier molecular flexibility index (Phi) is 5.11. The van der Waals surface area contributed by atoms with Gasteiger partial charge in [0.25, 0.3) is 0 Å². The lowest BCUT2D eigenvalue weighted by molar-refractivity contribution is 0.152. The summed E-state index contributed by atoms with van der Waals surface area (Å²) in [6.07, 6.45) is 5.27. The molecular weight excluding hydrogens is 260 g/mol. The zero-order chi connectivity index (χ0) is 14.6. The van der Waals surface area contributed by atoms with Crippen molar-refractivity contribution < 1.29 is 13.9 Å². The third-order valence-corrected chi connectivity index (χ3v) is 4.27. The molecule has 0 aliphatic heterocycles. The third kappa shape index (κ3) is 4.00. The van der Waals surface area contributed by atoms with Crippen molar-refractivity contribution in [3.63, 3.8) is 0 Å².